The van der Waals surface area contributed by atoms with Gasteiger partial charge in [0.05, 0.1) is 14.2 Å². The van der Waals surface area contributed by atoms with Gasteiger partial charge in [-0.05, 0) is 30.2 Å². The Morgan fingerprint density at radius 3 is 2.23 bits per heavy atom. The number of methoxy groups -OCH3 is 2. The van der Waals surface area contributed by atoms with Gasteiger partial charge in [-0.15, -0.1) is 0 Å². The van der Waals surface area contributed by atoms with Crippen LogP contribution in [-0.4, -0.2) is 45.0 Å². The molecule has 0 aromatic heterocycles. The number of hydrogen-bond acceptors (Lipinski definition) is 3. The minimum Gasteiger partial charge on any atom is -0.811 e. The first kappa shape index (κ1) is 19.6. The third-order valence-electron chi connectivity index (χ3n) is 5.21. The fourth-order valence-corrected chi connectivity index (χ4v) is 3.59. The normalized spacial score (nSPS) is 28.1. The molecule has 1 fully saturated rings. The summed E-state index contributed by atoms with van der Waals surface area (Å²) in [6.45, 7) is 7.86. The van der Waals surface area contributed by atoms with Crippen LogP contribution in [0.25, 0.3) is 5.41 Å². The van der Waals surface area contributed by atoms with Gasteiger partial charge in [-0.2, -0.15) is 5.71 Å². The van der Waals surface area contributed by atoms with Gasteiger partial charge in [0.25, 0.3) is 0 Å². The summed E-state index contributed by atoms with van der Waals surface area (Å²) in [4.78, 5) is 2.26. The van der Waals surface area contributed by atoms with Crippen LogP contribution in [-0.2, 0) is 38.1 Å². The first-order chi connectivity index (χ1) is 9.78. The van der Waals surface area contributed by atoms with Gasteiger partial charge in [0.2, 0.25) is 0 Å². The van der Waals surface area contributed by atoms with Crippen LogP contribution in [0.5, 0.6) is 11.5 Å². The van der Waals surface area contributed by atoms with Crippen LogP contribution < -0.4 is 9.47 Å². The van der Waals surface area contributed by atoms with Crippen molar-refractivity contribution in [1.82, 2.24) is 4.90 Å². The summed E-state index contributed by atoms with van der Waals surface area (Å²) in [6.07, 6.45) is 0. The molecule has 1 aliphatic heterocycles. The molecule has 0 N–H and O–H groups in total. The molecule has 2 atom stereocenters. The Balaban J connectivity index is 0.00000242. The molecule has 0 spiro atoms. The van der Waals surface area contributed by atoms with Crippen molar-refractivity contribution in [2.45, 2.75) is 26.2 Å². The van der Waals surface area contributed by atoms with Crippen LogP contribution in [0.4, 0.5) is 0 Å². The van der Waals surface area contributed by atoms with E-state index in [0.29, 0.717) is 5.71 Å². The molecule has 1 aromatic carbocycles. The molecule has 1 radical (unpaired) electrons. The second-order valence-electron chi connectivity index (χ2n) is 6.49. The number of likely N-dealkylation sites (N-methyl/N-ethyl adjacent to an activating group) is 1. The molecule has 4 nitrogen and oxygen atoms in total. The second kappa shape index (κ2) is 6.98. The van der Waals surface area contributed by atoms with Crippen LogP contribution in [0, 0.1) is 5.41 Å². The molecule has 1 aromatic rings. The maximum Gasteiger partial charge on any atom is 0.161 e. The molecule has 0 bridgehead atoms. The van der Waals surface area contributed by atoms with Gasteiger partial charge in [0.15, 0.2) is 11.5 Å². The smallest absolute Gasteiger partial charge is 0.161 e. The van der Waals surface area contributed by atoms with Crippen molar-refractivity contribution in [3.05, 3.63) is 29.2 Å². The number of nitrogens with zero attached hydrogens (tertiary/aromatic N) is 2. The molecule has 0 saturated carbocycles. The summed E-state index contributed by atoms with van der Waals surface area (Å²) >= 11 is 0. The van der Waals surface area contributed by atoms with E-state index in [4.69, 9.17) is 9.47 Å². The molecule has 119 valence electrons. The summed E-state index contributed by atoms with van der Waals surface area (Å²) in [6, 6.07) is 6.03. The summed E-state index contributed by atoms with van der Waals surface area (Å²) < 4.78 is 10.7. The van der Waals surface area contributed by atoms with Crippen molar-refractivity contribution in [2.75, 3.05) is 34.4 Å². The standard InChI is InChI=1S/C17H25N2O2.Y/c1-12(18)16(2)10-19(4)11-17(16,3)13-7-8-14(20-5)15(9-13)21-6;/h7-9H,10-11H2,1-6H3;/q-1;/t16-,17-;/m0./s1. The van der Waals surface area contributed by atoms with E-state index < -0.39 is 0 Å². The summed E-state index contributed by atoms with van der Waals surface area (Å²) in [7, 11) is 5.37. The van der Waals surface area contributed by atoms with E-state index in [1.54, 1.807) is 21.1 Å². The molecule has 1 heterocycles. The van der Waals surface area contributed by atoms with Gasteiger partial charge in [-0.1, -0.05) is 26.8 Å². The van der Waals surface area contributed by atoms with Gasteiger partial charge in [0, 0.05) is 51.2 Å². The molecule has 1 aliphatic rings. The number of ether oxygens (including phenoxy) is 2. The Bertz CT molecular complexity index is 564. The predicted molar refractivity (Wildman–Crippen MR) is 86.5 cm³/mol. The molecule has 0 unspecified atom stereocenters. The fourth-order valence-electron chi connectivity index (χ4n) is 3.59. The Morgan fingerprint density at radius 2 is 1.73 bits per heavy atom. The van der Waals surface area contributed by atoms with Crippen LogP contribution in [0.15, 0.2) is 18.2 Å². The van der Waals surface area contributed by atoms with Crippen molar-refractivity contribution >= 4 is 5.71 Å². The molecule has 0 amide bonds. The van der Waals surface area contributed by atoms with Gasteiger partial charge in [0.1, 0.15) is 0 Å². The average molecular weight is 378 g/mol. The first-order valence-corrected chi connectivity index (χ1v) is 7.22. The van der Waals surface area contributed by atoms with Crippen LogP contribution >= 0.6 is 0 Å². The number of likely N-dealkylation sites (tertiary alicyclic amines) is 1. The van der Waals surface area contributed by atoms with E-state index in [1.807, 2.05) is 12.1 Å². The Labute approximate surface area is 158 Å². The molecule has 5 heteroatoms. The van der Waals surface area contributed by atoms with E-state index in [2.05, 4.69) is 31.9 Å². The van der Waals surface area contributed by atoms with Gasteiger partial charge in [-0.3, -0.25) is 0 Å². The van der Waals surface area contributed by atoms with Crippen molar-refractivity contribution in [3.63, 3.8) is 0 Å². The van der Waals surface area contributed by atoms with E-state index in [0.717, 1.165) is 30.2 Å². The largest absolute Gasteiger partial charge is 0.811 e. The second-order valence-corrected chi connectivity index (χ2v) is 6.49. The van der Waals surface area contributed by atoms with Gasteiger partial charge < -0.3 is 19.8 Å². The number of rotatable bonds is 4. The molecule has 22 heavy (non-hydrogen) atoms. The zero-order valence-electron chi connectivity index (χ0n) is 14.4. The molecular weight excluding hydrogens is 353 g/mol. The average Bonchev–Trinajstić information content (AvgIpc) is 2.69. The maximum atomic E-state index is 10.3. The van der Waals surface area contributed by atoms with E-state index >= 15 is 0 Å². The van der Waals surface area contributed by atoms with Crippen LogP contribution in [0.3, 0.4) is 0 Å². The monoisotopic (exact) mass is 378 g/mol. The van der Waals surface area contributed by atoms with E-state index in [-0.39, 0.29) is 43.5 Å². The summed E-state index contributed by atoms with van der Waals surface area (Å²) in [5.74, 6) is 1.45. The zero-order chi connectivity index (χ0) is 15.8. The molecular formula is C17H25N2O2Y-. The van der Waals surface area contributed by atoms with Crippen molar-refractivity contribution in [2.24, 2.45) is 5.41 Å². The predicted octanol–water partition coefficient (Wildman–Crippen LogP) is 2.94. The maximum absolute atomic E-state index is 10.3. The third kappa shape index (κ3) is 2.98. The van der Waals surface area contributed by atoms with E-state index in [9.17, 15) is 5.41 Å². The third-order valence-corrected chi connectivity index (χ3v) is 5.21. The van der Waals surface area contributed by atoms with Crippen molar-refractivity contribution in [3.8, 4) is 11.5 Å². The zero-order valence-corrected chi connectivity index (χ0v) is 17.3. The van der Waals surface area contributed by atoms with Gasteiger partial charge >= 0.3 is 0 Å². The summed E-state index contributed by atoms with van der Waals surface area (Å²) in [5.41, 5.74) is 1.16. The summed E-state index contributed by atoms with van der Waals surface area (Å²) in [5, 5.41) is 10.3. The quantitative estimate of drug-likeness (QED) is 0.757. The minimum absolute atomic E-state index is 0. The SMILES string of the molecule is COc1ccc([C@]2(C)CN(C)C[C@@]2(C)C(C)=[N-])cc1OC.[Y]. The fraction of sp³-hybridized carbons (Fsp3) is 0.588. The Morgan fingerprint density at radius 1 is 1.14 bits per heavy atom. The first-order valence-electron chi connectivity index (χ1n) is 7.22. The van der Waals surface area contributed by atoms with Crippen molar-refractivity contribution in [1.29, 1.82) is 0 Å². The Kier molecular flexibility index (Phi) is 6.22. The molecule has 2 rings (SSSR count). The molecule has 1 saturated heterocycles. The number of hydrogen-bond donors (Lipinski definition) is 0. The minimum atomic E-state index is -0.290. The van der Waals surface area contributed by atoms with Gasteiger partial charge in [-0.25, -0.2) is 0 Å². The Hall–Kier alpha value is -0.446. The topological polar surface area (TPSA) is 44.0 Å². The van der Waals surface area contributed by atoms with E-state index in [1.165, 1.54) is 0 Å². The van der Waals surface area contributed by atoms with Crippen LogP contribution in [0.1, 0.15) is 26.3 Å². The van der Waals surface area contributed by atoms with Crippen molar-refractivity contribution < 1.29 is 42.2 Å². The van der Waals surface area contributed by atoms with Crippen LogP contribution in [0.2, 0.25) is 0 Å². The number of benzene rings is 1. The molecule has 0 aliphatic carbocycles.